The van der Waals surface area contributed by atoms with Gasteiger partial charge in [0.05, 0.1) is 5.56 Å². The van der Waals surface area contributed by atoms with Crippen molar-refractivity contribution >= 4 is 23.5 Å². The van der Waals surface area contributed by atoms with E-state index in [1.165, 1.54) is 13.1 Å². The number of carbonyl (C=O) groups is 3. The molecular weight excluding hydrogens is 329 g/mol. The third-order valence-corrected chi connectivity index (χ3v) is 3.37. The van der Waals surface area contributed by atoms with Crippen LogP contribution in [0.4, 0.5) is 23.7 Å². The molecule has 0 aliphatic carbocycles. The number of imide groups is 1. The van der Waals surface area contributed by atoms with Crippen molar-refractivity contribution in [2.75, 3.05) is 25.5 Å². The van der Waals surface area contributed by atoms with E-state index in [1.807, 2.05) is 0 Å². The molecule has 1 aromatic rings. The van der Waals surface area contributed by atoms with E-state index in [0.29, 0.717) is 0 Å². The number of halogens is 3. The molecule has 1 heterocycles. The van der Waals surface area contributed by atoms with E-state index >= 15 is 0 Å². The van der Waals surface area contributed by atoms with Crippen molar-refractivity contribution in [3.63, 3.8) is 0 Å². The van der Waals surface area contributed by atoms with Crippen molar-refractivity contribution in [1.29, 1.82) is 0 Å². The van der Waals surface area contributed by atoms with Crippen LogP contribution in [0.2, 0.25) is 0 Å². The van der Waals surface area contributed by atoms with E-state index in [1.54, 1.807) is 0 Å². The van der Waals surface area contributed by atoms with E-state index in [4.69, 9.17) is 5.73 Å². The molecule has 0 saturated carbocycles. The maximum Gasteiger partial charge on any atom is 0.416 e. The van der Waals surface area contributed by atoms with Crippen LogP contribution >= 0.6 is 0 Å². The van der Waals surface area contributed by atoms with Crippen molar-refractivity contribution in [3.8, 4) is 0 Å². The summed E-state index contributed by atoms with van der Waals surface area (Å²) in [6.45, 7) is -0.857. The number of urea groups is 1. The van der Waals surface area contributed by atoms with Crippen LogP contribution in [0.1, 0.15) is 11.1 Å². The molecule has 1 aliphatic rings. The lowest BCUT2D eigenvalue weighted by Gasteiger charge is -2.15. The average molecular weight is 344 g/mol. The Morgan fingerprint density at radius 2 is 1.96 bits per heavy atom. The summed E-state index contributed by atoms with van der Waals surface area (Å²) in [4.78, 5) is 37.1. The minimum absolute atomic E-state index is 0.109. The summed E-state index contributed by atoms with van der Waals surface area (Å²) in [5.41, 5.74) is 4.49. The highest BCUT2D eigenvalue weighted by atomic mass is 19.4. The van der Waals surface area contributed by atoms with Gasteiger partial charge in [0.1, 0.15) is 13.1 Å². The largest absolute Gasteiger partial charge is 0.416 e. The minimum Gasteiger partial charge on any atom is -0.326 e. The molecule has 0 aromatic heterocycles. The Bertz CT molecular complexity index is 690. The van der Waals surface area contributed by atoms with Crippen LogP contribution in [0.5, 0.6) is 0 Å². The van der Waals surface area contributed by atoms with E-state index in [9.17, 15) is 27.6 Å². The molecule has 130 valence electrons. The molecule has 24 heavy (non-hydrogen) atoms. The Morgan fingerprint density at radius 3 is 2.46 bits per heavy atom. The summed E-state index contributed by atoms with van der Waals surface area (Å²) in [6, 6.07) is 2.31. The normalized spacial score (nSPS) is 15.2. The highest BCUT2D eigenvalue weighted by Crippen LogP contribution is 2.32. The molecule has 7 nitrogen and oxygen atoms in total. The summed E-state index contributed by atoms with van der Waals surface area (Å²) >= 11 is 0. The highest BCUT2D eigenvalue weighted by molar-refractivity contribution is 6.06. The number of rotatable bonds is 4. The van der Waals surface area contributed by atoms with Gasteiger partial charge in [-0.2, -0.15) is 13.2 Å². The smallest absolute Gasteiger partial charge is 0.326 e. The van der Waals surface area contributed by atoms with Crippen LogP contribution in [0.15, 0.2) is 18.2 Å². The Hall–Kier alpha value is -2.62. The van der Waals surface area contributed by atoms with E-state index in [-0.39, 0.29) is 24.3 Å². The first-order chi connectivity index (χ1) is 11.1. The number of anilines is 1. The number of nitrogens with zero attached hydrogens (tertiary/aromatic N) is 2. The van der Waals surface area contributed by atoms with Crippen LogP contribution in [0.3, 0.4) is 0 Å². The number of benzene rings is 1. The molecule has 1 aromatic carbocycles. The topological polar surface area (TPSA) is 95.7 Å². The standard InChI is InChI=1S/C14H15F3N4O3/c1-20-7-12(23)21(13(20)24)6-11(22)19-10-3-8(5-18)2-9(4-10)14(15,16)17/h2-4H,5-7,18H2,1H3,(H,19,22). The van der Waals surface area contributed by atoms with Gasteiger partial charge in [-0.05, 0) is 23.8 Å². The fourth-order valence-corrected chi connectivity index (χ4v) is 2.21. The molecule has 0 bridgehead atoms. The molecule has 0 atom stereocenters. The molecule has 1 aliphatic heterocycles. The lowest BCUT2D eigenvalue weighted by Crippen LogP contribution is -2.38. The van der Waals surface area contributed by atoms with E-state index in [2.05, 4.69) is 5.32 Å². The van der Waals surface area contributed by atoms with Gasteiger partial charge in [-0.15, -0.1) is 0 Å². The molecule has 0 unspecified atom stereocenters. The third kappa shape index (κ3) is 3.82. The third-order valence-electron chi connectivity index (χ3n) is 3.37. The van der Waals surface area contributed by atoms with Crippen molar-refractivity contribution in [2.45, 2.75) is 12.7 Å². The summed E-state index contributed by atoms with van der Waals surface area (Å²) in [6.07, 6.45) is -4.59. The maximum atomic E-state index is 12.8. The summed E-state index contributed by atoms with van der Waals surface area (Å²) < 4.78 is 38.5. The Kier molecular flexibility index (Phi) is 4.78. The van der Waals surface area contributed by atoms with Gasteiger partial charge in [-0.25, -0.2) is 4.79 Å². The first kappa shape index (κ1) is 17.7. The quantitative estimate of drug-likeness (QED) is 0.797. The zero-order chi connectivity index (χ0) is 18.1. The van der Waals surface area contributed by atoms with Gasteiger partial charge >= 0.3 is 12.2 Å². The van der Waals surface area contributed by atoms with Crippen LogP contribution in [-0.4, -0.2) is 47.8 Å². The number of hydrogen-bond acceptors (Lipinski definition) is 4. The first-order valence-corrected chi connectivity index (χ1v) is 6.88. The van der Waals surface area contributed by atoms with Crippen LogP contribution in [0.25, 0.3) is 0 Å². The number of alkyl halides is 3. The molecule has 0 radical (unpaired) electrons. The molecule has 10 heteroatoms. The Balaban J connectivity index is 2.14. The number of amides is 4. The SMILES string of the molecule is CN1CC(=O)N(CC(=O)Nc2cc(CN)cc(C(F)(F)F)c2)C1=O. The molecule has 3 N–H and O–H groups in total. The van der Waals surface area contributed by atoms with Gasteiger partial charge in [-0.3, -0.25) is 14.5 Å². The minimum atomic E-state index is -4.59. The molecule has 1 saturated heterocycles. The fourth-order valence-electron chi connectivity index (χ4n) is 2.21. The van der Waals surface area contributed by atoms with Gasteiger partial charge in [0.15, 0.2) is 0 Å². The lowest BCUT2D eigenvalue weighted by molar-refractivity contribution is -0.137. The number of nitrogens with two attached hydrogens (primary N) is 1. The maximum absolute atomic E-state index is 12.8. The van der Waals surface area contributed by atoms with Gasteiger partial charge in [-0.1, -0.05) is 0 Å². The van der Waals surface area contributed by atoms with Crippen molar-refractivity contribution < 1.29 is 27.6 Å². The molecule has 1 fully saturated rings. The zero-order valence-electron chi connectivity index (χ0n) is 12.7. The lowest BCUT2D eigenvalue weighted by atomic mass is 10.1. The van der Waals surface area contributed by atoms with Gasteiger partial charge in [0.25, 0.3) is 5.91 Å². The molecule has 4 amide bonds. The Morgan fingerprint density at radius 1 is 1.29 bits per heavy atom. The second kappa shape index (κ2) is 6.48. The predicted molar refractivity (Wildman–Crippen MR) is 77.7 cm³/mol. The molecular formula is C14H15F3N4O3. The number of carbonyl (C=O) groups excluding carboxylic acids is 3. The van der Waals surface area contributed by atoms with Gasteiger partial charge in [0, 0.05) is 19.3 Å². The first-order valence-electron chi connectivity index (χ1n) is 6.88. The van der Waals surface area contributed by atoms with Gasteiger partial charge < -0.3 is 16.0 Å². The average Bonchev–Trinajstić information content (AvgIpc) is 2.72. The second-order valence-corrected chi connectivity index (χ2v) is 5.29. The highest BCUT2D eigenvalue weighted by Gasteiger charge is 2.35. The van der Waals surface area contributed by atoms with Crippen LogP contribution in [0, 0.1) is 0 Å². The predicted octanol–water partition coefficient (Wildman–Crippen LogP) is 0.997. The summed E-state index contributed by atoms with van der Waals surface area (Å²) in [5, 5.41) is 2.25. The second-order valence-electron chi connectivity index (χ2n) is 5.29. The number of likely N-dealkylation sites (N-methyl/N-ethyl adjacent to an activating group) is 1. The van der Waals surface area contributed by atoms with E-state index < -0.39 is 36.1 Å². The number of hydrogen-bond donors (Lipinski definition) is 2. The van der Waals surface area contributed by atoms with Crippen molar-refractivity contribution in [3.05, 3.63) is 29.3 Å². The van der Waals surface area contributed by atoms with Crippen molar-refractivity contribution in [2.24, 2.45) is 5.73 Å². The van der Waals surface area contributed by atoms with Crippen molar-refractivity contribution in [1.82, 2.24) is 9.80 Å². The molecule has 2 rings (SSSR count). The van der Waals surface area contributed by atoms with E-state index in [0.717, 1.165) is 21.9 Å². The summed E-state index contributed by atoms with van der Waals surface area (Å²) in [5.74, 6) is -1.33. The number of nitrogens with one attached hydrogen (secondary N) is 1. The van der Waals surface area contributed by atoms with Gasteiger partial charge in [0.2, 0.25) is 5.91 Å². The van der Waals surface area contributed by atoms with Crippen LogP contribution in [-0.2, 0) is 22.3 Å². The fraction of sp³-hybridized carbons (Fsp3) is 0.357. The monoisotopic (exact) mass is 344 g/mol. The van der Waals surface area contributed by atoms with Crippen LogP contribution < -0.4 is 11.1 Å². The molecule has 0 spiro atoms. The summed E-state index contributed by atoms with van der Waals surface area (Å²) in [7, 11) is 1.40. The Labute approximate surface area is 135 Å². The zero-order valence-corrected chi connectivity index (χ0v) is 12.7.